The predicted octanol–water partition coefficient (Wildman–Crippen LogP) is 5.95. The van der Waals surface area contributed by atoms with E-state index in [1.54, 1.807) is 17.7 Å². The van der Waals surface area contributed by atoms with Gasteiger partial charge in [-0.25, -0.2) is 9.97 Å². The van der Waals surface area contributed by atoms with E-state index in [1.807, 2.05) is 11.8 Å². The van der Waals surface area contributed by atoms with E-state index in [-0.39, 0.29) is 0 Å². The fraction of sp³-hybridized carbons (Fsp3) is 0.333. The van der Waals surface area contributed by atoms with Gasteiger partial charge in [0.2, 0.25) is 0 Å². The Labute approximate surface area is 140 Å². The summed E-state index contributed by atoms with van der Waals surface area (Å²) >= 11 is 3.63. The Hall–Kier alpha value is -1.39. The molecule has 0 amide bonds. The molecule has 0 N–H and O–H groups in total. The summed E-state index contributed by atoms with van der Waals surface area (Å²) in [5, 5.41) is 2.36. The largest absolute Gasteiger partial charge is 0.229 e. The number of aromatic nitrogens is 2. The summed E-state index contributed by atoms with van der Waals surface area (Å²) in [4.78, 5) is 11.5. The number of thioether (sulfide) groups is 1. The van der Waals surface area contributed by atoms with E-state index < -0.39 is 0 Å². The van der Waals surface area contributed by atoms with Crippen molar-refractivity contribution in [3.05, 3.63) is 41.5 Å². The molecule has 1 aromatic carbocycles. The highest BCUT2D eigenvalue weighted by atomic mass is 32.2. The summed E-state index contributed by atoms with van der Waals surface area (Å²) in [6.45, 7) is 4.42. The van der Waals surface area contributed by atoms with Gasteiger partial charge in [-0.15, -0.1) is 23.1 Å². The quantitative estimate of drug-likeness (QED) is 0.318. The second-order valence-electron chi connectivity index (χ2n) is 5.31. The number of hydrogen-bond acceptors (Lipinski definition) is 4. The number of aryl methyl sites for hydroxylation is 1. The van der Waals surface area contributed by atoms with Gasteiger partial charge in [-0.05, 0) is 24.7 Å². The first kappa shape index (κ1) is 15.5. The van der Waals surface area contributed by atoms with Crippen molar-refractivity contribution in [3.63, 3.8) is 0 Å². The van der Waals surface area contributed by atoms with E-state index >= 15 is 0 Å². The molecule has 2 nitrogen and oxygen atoms in total. The van der Waals surface area contributed by atoms with E-state index in [0.717, 1.165) is 15.6 Å². The van der Waals surface area contributed by atoms with Gasteiger partial charge in [0.25, 0.3) is 0 Å². The Morgan fingerprint density at radius 2 is 1.91 bits per heavy atom. The Kier molecular flexibility index (Phi) is 5.11. The maximum absolute atomic E-state index is 4.56. The van der Waals surface area contributed by atoms with Gasteiger partial charge in [0.05, 0.1) is 5.39 Å². The highest BCUT2D eigenvalue weighted by molar-refractivity contribution is 7.99. The Balaban J connectivity index is 2.03. The van der Waals surface area contributed by atoms with Crippen LogP contribution in [0.2, 0.25) is 0 Å². The lowest BCUT2D eigenvalue weighted by molar-refractivity contribution is 0.778. The lowest BCUT2D eigenvalue weighted by Gasteiger charge is -2.06. The van der Waals surface area contributed by atoms with Crippen molar-refractivity contribution in [1.82, 2.24) is 9.97 Å². The van der Waals surface area contributed by atoms with E-state index in [9.17, 15) is 0 Å². The van der Waals surface area contributed by atoms with Crippen LogP contribution in [0.1, 0.15) is 31.1 Å². The van der Waals surface area contributed by atoms with Crippen molar-refractivity contribution < 1.29 is 0 Å². The lowest BCUT2D eigenvalue weighted by atomic mass is 10.0. The number of unbranched alkanes of at least 4 members (excludes halogenated alkanes) is 2. The molecule has 2 aromatic heterocycles. The summed E-state index contributed by atoms with van der Waals surface area (Å²) in [7, 11) is 0. The molecule has 3 rings (SSSR count). The molecule has 0 saturated carbocycles. The van der Waals surface area contributed by atoms with Gasteiger partial charge in [0, 0.05) is 10.4 Å². The molecule has 0 aliphatic heterocycles. The standard InChI is InChI=1S/C18H20N2S2/c1-3-4-8-11-21-17-16-15(14-9-6-5-7-10-14)13(2)22-18(16)20-12-19-17/h5-7,9-10,12H,3-4,8,11H2,1-2H3. The molecule has 0 spiro atoms. The van der Waals surface area contributed by atoms with Crippen molar-refractivity contribution in [1.29, 1.82) is 0 Å². The zero-order valence-electron chi connectivity index (χ0n) is 13.0. The van der Waals surface area contributed by atoms with E-state index in [0.29, 0.717) is 0 Å². The van der Waals surface area contributed by atoms with Crippen LogP contribution in [0.25, 0.3) is 21.3 Å². The molecule has 0 atom stereocenters. The summed E-state index contributed by atoms with van der Waals surface area (Å²) in [5.41, 5.74) is 2.57. The highest BCUT2D eigenvalue weighted by Gasteiger charge is 2.16. The number of hydrogen-bond donors (Lipinski definition) is 0. The van der Waals surface area contributed by atoms with Crippen LogP contribution in [-0.2, 0) is 0 Å². The third-order valence-corrected chi connectivity index (χ3v) is 5.77. The molecule has 114 valence electrons. The molecule has 4 heteroatoms. The van der Waals surface area contributed by atoms with Crippen LogP contribution < -0.4 is 0 Å². The predicted molar refractivity (Wildman–Crippen MR) is 97.8 cm³/mol. The fourth-order valence-electron chi connectivity index (χ4n) is 2.60. The smallest absolute Gasteiger partial charge is 0.128 e. The average Bonchev–Trinajstić information content (AvgIpc) is 2.89. The maximum atomic E-state index is 4.56. The maximum Gasteiger partial charge on any atom is 0.128 e. The van der Waals surface area contributed by atoms with E-state index in [1.165, 1.54) is 40.7 Å². The SMILES string of the molecule is CCCCCSc1ncnc2sc(C)c(-c3ccccc3)c12. The van der Waals surface area contributed by atoms with Gasteiger partial charge in [0.1, 0.15) is 16.2 Å². The zero-order chi connectivity index (χ0) is 15.4. The number of fused-ring (bicyclic) bond motifs is 1. The highest BCUT2D eigenvalue weighted by Crippen LogP contribution is 2.41. The number of thiophene rings is 1. The van der Waals surface area contributed by atoms with Crippen LogP contribution in [0.5, 0.6) is 0 Å². The Bertz CT molecular complexity index is 750. The molecule has 0 saturated heterocycles. The van der Waals surface area contributed by atoms with Gasteiger partial charge < -0.3 is 0 Å². The first-order valence-corrected chi connectivity index (χ1v) is 9.53. The van der Waals surface area contributed by atoms with Gasteiger partial charge in [-0.1, -0.05) is 50.1 Å². The molecule has 0 fully saturated rings. The van der Waals surface area contributed by atoms with E-state index in [4.69, 9.17) is 0 Å². The molecule has 0 unspecified atom stereocenters. The summed E-state index contributed by atoms with van der Waals surface area (Å²) in [6, 6.07) is 10.6. The molecule has 0 aliphatic carbocycles. The molecule has 0 aliphatic rings. The van der Waals surface area contributed by atoms with Crippen molar-refractivity contribution in [2.45, 2.75) is 38.1 Å². The third kappa shape index (κ3) is 3.18. The number of rotatable bonds is 6. The summed E-state index contributed by atoms with van der Waals surface area (Å²) in [5.74, 6) is 1.13. The molecular formula is C18H20N2S2. The minimum absolute atomic E-state index is 1.10. The summed E-state index contributed by atoms with van der Waals surface area (Å²) in [6.07, 6.45) is 5.49. The number of benzene rings is 1. The van der Waals surface area contributed by atoms with Gasteiger partial charge in [-0.2, -0.15) is 0 Å². The van der Waals surface area contributed by atoms with Gasteiger partial charge in [0.15, 0.2) is 0 Å². The lowest BCUT2D eigenvalue weighted by Crippen LogP contribution is -1.88. The van der Waals surface area contributed by atoms with Crippen molar-refractivity contribution in [2.75, 3.05) is 5.75 Å². The first-order valence-electron chi connectivity index (χ1n) is 7.73. The van der Waals surface area contributed by atoms with Crippen molar-refractivity contribution in [2.24, 2.45) is 0 Å². The van der Waals surface area contributed by atoms with Gasteiger partial charge in [-0.3, -0.25) is 0 Å². The molecule has 0 radical (unpaired) electrons. The van der Waals surface area contributed by atoms with Crippen LogP contribution >= 0.6 is 23.1 Å². The summed E-state index contributed by atoms with van der Waals surface area (Å²) < 4.78 is 0. The van der Waals surface area contributed by atoms with Crippen LogP contribution in [0.3, 0.4) is 0 Å². The van der Waals surface area contributed by atoms with Crippen LogP contribution in [0.15, 0.2) is 41.7 Å². The average molecular weight is 329 g/mol. The molecule has 3 aromatic rings. The molecule has 0 bridgehead atoms. The normalized spacial score (nSPS) is 11.2. The second-order valence-corrected chi connectivity index (χ2v) is 7.60. The number of nitrogens with zero attached hydrogens (tertiary/aromatic N) is 2. The van der Waals surface area contributed by atoms with Crippen LogP contribution in [-0.4, -0.2) is 15.7 Å². The second kappa shape index (κ2) is 7.25. The van der Waals surface area contributed by atoms with Crippen LogP contribution in [0, 0.1) is 6.92 Å². The topological polar surface area (TPSA) is 25.8 Å². The van der Waals surface area contributed by atoms with Crippen LogP contribution in [0.4, 0.5) is 0 Å². The van der Waals surface area contributed by atoms with Crippen molar-refractivity contribution in [3.8, 4) is 11.1 Å². The molecule has 22 heavy (non-hydrogen) atoms. The first-order chi connectivity index (χ1) is 10.8. The Morgan fingerprint density at radius 1 is 1.09 bits per heavy atom. The van der Waals surface area contributed by atoms with E-state index in [2.05, 4.69) is 54.1 Å². The van der Waals surface area contributed by atoms with Gasteiger partial charge >= 0.3 is 0 Å². The zero-order valence-corrected chi connectivity index (χ0v) is 14.6. The fourth-order valence-corrected chi connectivity index (χ4v) is 4.68. The molecule has 2 heterocycles. The monoisotopic (exact) mass is 328 g/mol. The molecular weight excluding hydrogens is 308 g/mol. The minimum Gasteiger partial charge on any atom is -0.229 e. The minimum atomic E-state index is 1.10. The van der Waals surface area contributed by atoms with Crippen molar-refractivity contribution >= 4 is 33.3 Å². The Morgan fingerprint density at radius 3 is 2.68 bits per heavy atom. The third-order valence-electron chi connectivity index (χ3n) is 3.68.